The zero-order valence-corrected chi connectivity index (χ0v) is 14.2. The van der Waals surface area contributed by atoms with Gasteiger partial charge in [-0.2, -0.15) is 0 Å². The highest BCUT2D eigenvalue weighted by atomic mass is 16.6. The summed E-state index contributed by atoms with van der Waals surface area (Å²) < 4.78 is 10.2. The Bertz CT molecular complexity index is 500. The van der Waals surface area contributed by atoms with Gasteiger partial charge in [0.15, 0.2) is 0 Å². The minimum atomic E-state index is -0.557. The van der Waals surface area contributed by atoms with Gasteiger partial charge in [0.05, 0.1) is 18.8 Å². The van der Waals surface area contributed by atoms with E-state index in [1.54, 1.807) is 33.9 Å². The van der Waals surface area contributed by atoms with Crippen molar-refractivity contribution >= 4 is 12.2 Å². The molecular weight excluding hydrogens is 298 g/mol. The van der Waals surface area contributed by atoms with Crippen LogP contribution in [-0.4, -0.2) is 47.4 Å². The molecule has 1 rings (SSSR count). The maximum Gasteiger partial charge on any atom is 0.410 e. The fourth-order valence-corrected chi connectivity index (χ4v) is 1.74. The van der Waals surface area contributed by atoms with E-state index in [2.05, 4.69) is 10.3 Å². The maximum absolute atomic E-state index is 12.0. The van der Waals surface area contributed by atoms with Crippen molar-refractivity contribution in [2.45, 2.75) is 39.8 Å². The van der Waals surface area contributed by atoms with Crippen LogP contribution in [0.1, 0.15) is 33.4 Å². The molecule has 23 heavy (non-hydrogen) atoms. The normalized spacial score (nSPS) is 10.8. The van der Waals surface area contributed by atoms with Gasteiger partial charge in [-0.25, -0.2) is 9.59 Å². The number of nitrogens with one attached hydrogen (secondary N) is 1. The summed E-state index contributed by atoms with van der Waals surface area (Å²) in [6.07, 6.45) is 0.709. The van der Waals surface area contributed by atoms with Gasteiger partial charge in [-0.3, -0.25) is 4.98 Å². The van der Waals surface area contributed by atoms with Crippen molar-refractivity contribution in [2.24, 2.45) is 0 Å². The topological polar surface area (TPSA) is 80.8 Å². The molecule has 0 bridgehead atoms. The van der Waals surface area contributed by atoms with E-state index in [0.717, 1.165) is 5.69 Å². The molecule has 1 heterocycles. The van der Waals surface area contributed by atoms with Gasteiger partial charge in [0.25, 0.3) is 0 Å². The van der Waals surface area contributed by atoms with Gasteiger partial charge in [0.2, 0.25) is 0 Å². The minimum Gasteiger partial charge on any atom is -0.450 e. The lowest BCUT2D eigenvalue weighted by atomic mass is 10.2. The van der Waals surface area contributed by atoms with E-state index in [-0.39, 0.29) is 13.2 Å². The van der Waals surface area contributed by atoms with Crippen molar-refractivity contribution in [1.82, 2.24) is 15.2 Å². The number of carbonyl (C=O) groups is 2. The average molecular weight is 323 g/mol. The maximum atomic E-state index is 12.0. The molecule has 0 aliphatic rings. The second-order valence-corrected chi connectivity index (χ2v) is 5.87. The third-order valence-corrected chi connectivity index (χ3v) is 2.65. The van der Waals surface area contributed by atoms with Gasteiger partial charge in [-0.1, -0.05) is 6.07 Å². The van der Waals surface area contributed by atoms with Crippen molar-refractivity contribution in [1.29, 1.82) is 0 Å². The molecule has 0 unspecified atom stereocenters. The zero-order chi connectivity index (χ0) is 17.3. The van der Waals surface area contributed by atoms with Crippen LogP contribution in [0, 0.1) is 0 Å². The first-order chi connectivity index (χ1) is 10.8. The Kier molecular flexibility index (Phi) is 7.31. The molecule has 0 aliphatic heterocycles. The summed E-state index contributed by atoms with van der Waals surface area (Å²) in [4.78, 5) is 29.3. The fourth-order valence-electron chi connectivity index (χ4n) is 1.74. The molecule has 1 aromatic rings. The average Bonchev–Trinajstić information content (AvgIpc) is 2.45. The largest absolute Gasteiger partial charge is 0.450 e. The van der Waals surface area contributed by atoms with E-state index in [1.807, 2.05) is 18.2 Å². The first-order valence-corrected chi connectivity index (χ1v) is 7.60. The van der Waals surface area contributed by atoms with Gasteiger partial charge in [-0.05, 0) is 39.8 Å². The van der Waals surface area contributed by atoms with E-state index in [4.69, 9.17) is 9.47 Å². The molecule has 7 heteroatoms. The van der Waals surface area contributed by atoms with Crippen molar-refractivity contribution < 1.29 is 19.1 Å². The fraction of sp³-hybridized carbons (Fsp3) is 0.562. The molecule has 0 aromatic carbocycles. The lowest BCUT2D eigenvalue weighted by Crippen LogP contribution is -2.40. The molecule has 0 aliphatic carbocycles. The summed E-state index contributed by atoms with van der Waals surface area (Å²) in [7, 11) is 0. The second kappa shape index (κ2) is 8.97. The van der Waals surface area contributed by atoms with Crippen LogP contribution in [0.5, 0.6) is 0 Å². The highest BCUT2D eigenvalue weighted by Gasteiger charge is 2.18. The minimum absolute atomic E-state index is 0.264. The van der Waals surface area contributed by atoms with Crippen LogP contribution >= 0.6 is 0 Å². The van der Waals surface area contributed by atoms with Crippen LogP contribution in [0.2, 0.25) is 0 Å². The number of nitrogens with zero attached hydrogens (tertiary/aromatic N) is 2. The predicted molar refractivity (Wildman–Crippen MR) is 85.9 cm³/mol. The summed E-state index contributed by atoms with van der Waals surface area (Å²) >= 11 is 0. The van der Waals surface area contributed by atoms with Crippen molar-refractivity contribution in [2.75, 3.05) is 19.7 Å². The third kappa shape index (κ3) is 8.04. The van der Waals surface area contributed by atoms with Gasteiger partial charge in [0, 0.05) is 19.3 Å². The van der Waals surface area contributed by atoms with Crippen LogP contribution in [0.15, 0.2) is 24.4 Å². The van der Waals surface area contributed by atoms with Gasteiger partial charge in [-0.15, -0.1) is 0 Å². The number of carbonyl (C=O) groups excluding carboxylic acids is 2. The molecule has 0 spiro atoms. The molecule has 7 nitrogen and oxygen atoms in total. The molecule has 0 saturated heterocycles. The van der Waals surface area contributed by atoms with Gasteiger partial charge >= 0.3 is 12.2 Å². The van der Waals surface area contributed by atoms with Crippen LogP contribution < -0.4 is 5.32 Å². The zero-order valence-electron chi connectivity index (χ0n) is 14.2. The number of rotatable bonds is 6. The van der Waals surface area contributed by atoms with Crippen molar-refractivity contribution in [3.63, 3.8) is 0 Å². The second-order valence-electron chi connectivity index (χ2n) is 5.87. The summed E-state index contributed by atoms with van der Waals surface area (Å²) in [6, 6.07) is 5.49. The molecule has 1 N–H and O–H groups in total. The van der Waals surface area contributed by atoms with E-state index < -0.39 is 17.8 Å². The first-order valence-electron chi connectivity index (χ1n) is 7.60. The summed E-state index contributed by atoms with van der Waals surface area (Å²) in [5.41, 5.74) is 0.191. The van der Waals surface area contributed by atoms with Gasteiger partial charge < -0.3 is 19.7 Å². The molecule has 1 aromatic heterocycles. The first kappa shape index (κ1) is 18.7. The standard InChI is InChI=1S/C16H25N3O4/c1-5-22-15(21)19(12-13-8-6-7-9-17-13)11-10-18-14(20)23-16(2,3)4/h6-9H,5,10-12H2,1-4H3,(H,18,20). The molecule has 0 atom stereocenters. The lowest BCUT2D eigenvalue weighted by Gasteiger charge is -2.23. The Balaban J connectivity index is 2.53. The quantitative estimate of drug-likeness (QED) is 0.870. The van der Waals surface area contributed by atoms with Crippen molar-refractivity contribution in [3.05, 3.63) is 30.1 Å². The number of ether oxygens (including phenoxy) is 2. The SMILES string of the molecule is CCOC(=O)N(CCNC(=O)OC(C)(C)C)Cc1ccccn1. The highest BCUT2D eigenvalue weighted by Crippen LogP contribution is 2.06. The summed E-state index contributed by atoms with van der Waals surface area (Å²) in [5.74, 6) is 0. The van der Waals surface area contributed by atoms with E-state index in [0.29, 0.717) is 13.1 Å². The number of hydrogen-bond donors (Lipinski definition) is 1. The summed E-state index contributed by atoms with van der Waals surface area (Å²) in [6.45, 7) is 8.29. The highest BCUT2D eigenvalue weighted by molar-refractivity contribution is 5.69. The monoisotopic (exact) mass is 323 g/mol. The van der Waals surface area contributed by atoms with Crippen molar-refractivity contribution in [3.8, 4) is 0 Å². The van der Waals surface area contributed by atoms with Crippen LogP contribution in [0.4, 0.5) is 9.59 Å². The molecule has 0 radical (unpaired) electrons. The number of amides is 2. The Morgan fingerprint density at radius 2 is 2.04 bits per heavy atom. The molecular formula is C16H25N3O4. The predicted octanol–water partition coefficient (Wildman–Crippen LogP) is 2.56. The molecule has 128 valence electrons. The van der Waals surface area contributed by atoms with Crippen LogP contribution in [0.25, 0.3) is 0 Å². The van der Waals surface area contributed by atoms with Crippen LogP contribution in [0.3, 0.4) is 0 Å². The third-order valence-electron chi connectivity index (χ3n) is 2.65. The van der Waals surface area contributed by atoms with E-state index in [9.17, 15) is 9.59 Å². The molecule has 0 saturated carbocycles. The van der Waals surface area contributed by atoms with E-state index >= 15 is 0 Å². The Hall–Kier alpha value is -2.31. The lowest BCUT2D eigenvalue weighted by molar-refractivity contribution is 0.0515. The Morgan fingerprint density at radius 1 is 1.30 bits per heavy atom. The Labute approximate surface area is 137 Å². The number of hydrogen-bond acceptors (Lipinski definition) is 5. The summed E-state index contributed by atoms with van der Waals surface area (Å²) in [5, 5.41) is 2.62. The van der Waals surface area contributed by atoms with Gasteiger partial charge in [0.1, 0.15) is 5.60 Å². The number of alkyl carbamates (subject to hydrolysis) is 1. The molecule has 0 fully saturated rings. The molecule has 2 amide bonds. The van der Waals surface area contributed by atoms with Crippen LogP contribution in [-0.2, 0) is 16.0 Å². The van der Waals surface area contributed by atoms with E-state index in [1.165, 1.54) is 4.90 Å². The Morgan fingerprint density at radius 3 is 2.61 bits per heavy atom. The number of aromatic nitrogens is 1. The number of pyridine rings is 1. The smallest absolute Gasteiger partial charge is 0.410 e.